The molecule has 5 saturated heterocycles. The van der Waals surface area contributed by atoms with Crippen molar-refractivity contribution in [1.82, 2.24) is 0 Å². The van der Waals surface area contributed by atoms with E-state index in [2.05, 4.69) is 0 Å². The van der Waals surface area contributed by atoms with E-state index in [9.17, 15) is 81.8 Å². The van der Waals surface area contributed by atoms with Crippen molar-refractivity contribution in [3.8, 4) is 0 Å². The van der Waals surface area contributed by atoms with Crippen LogP contribution in [0.2, 0.25) is 0 Å². The van der Waals surface area contributed by atoms with Crippen LogP contribution in [0.25, 0.3) is 0 Å². The van der Waals surface area contributed by atoms with E-state index in [1.165, 1.54) is 0 Å². The molecule has 0 amide bonds. The van der Waals surface area contributed by atoms with Crippen LogP contribution in [0.5, 0.6) is 0 Å². The molecular weight excluding hydrogens is 1420 g/mol. The van der Waals surface area contributed by atoms with Crippen LogP contribution in [0, 0.1) is 0 Å². The van der Waals surface area contributed by atoms with Gasteiger partial charge in [-0.3, -0.25) is 76.7 Å². The van der Waals surface area contributed by atoms with Crippen LogP contribution in [-0.2, 0) is 195 Å². The summed E-state index contributed by atoms with van der Waals surface area (Å²) >= 11 is 0. The Morgan fingerprint density at radius 2 is 0.356 bits per heavy atom. The molecule has 42 nitrogen and oxygen atoms in total. The fourth-order valence-electron chi connectivity index (χ4n) is 11.3. The molecule has 0 radical (unpaired) electrons. The van der Waals surface area contributed by atoms with Crippen molar-refractivity contribution in [1.29, 1.82) is 0 Å². The van der Waals surface area contributed by atoms with E-state index in [4.69, 9.17) is 118 Å². The van der Waals surface area contributed by atoms with Crippen molar-refractivity contribution in [2.24, 2.45) is 0 Å². The Morgan fingerprint density at radius 3 is 0.558 bits per heavy atom. The third-order valence-corrected chi connectivity index (χ3v) is 14.7. The van der Waals surface area contributed by atoms with Gasteiger partial charge in [-0.2, -0.15) is 0 Å². The Bertz CT molecular complexity index is 3110. The molecule has 1 N–H and O–H groups in total. The number of carbonyl (C=O) groups is 16. The Balaban J connectivity index is 1.73. The summed E-state index contributed by atoms with van der Waals surface area (Å²) in [4.78, 5) is 207. The highest BCUT2D eigenvalue weighted by molar-refractivity contribution is 5.72. The molecule has 584 valence electrons. The molecule has 0 aromatic carbocycles. The molecule has 1 unspecified atom stereocenters. The van der Waals surface area contributed by atoms with Crippen molar-refractivity contribution < 1.29 is 200 Å². The van der Waals surface area contributed by atoms with E-state index in [-0.39, 0.29) is 0 Å². The fraction of sp³-hybridized carbons (Fsp3) is 0.742. The van der Waals surface area contributed by atoms with Gasteiger partial charge in [0.05, 0.1) is 0 Å². The van der Waals surface area contributed by atoms with Gasteiger partial charge < -0.3 is 124 Å². The van der Waals surface area contributed by atoms with E-state index in [0.717, 1.165) is 111 Å². The molecule has 104 heavy (non-hydrogen) atoms. The van der Waals surface area contributed by atoms with E-state index in [1.807, 2.05) is 0 Å². The van der Waals surface area contributed by atoms with Gasteiger partial charge in [0.15, 0.2) is 98.6 Å². The standard InChI is InChI=1S/C62H84O42/c1-22(63)80-17-38-44(48(86-28(7)69)53(58(79)96-38)91-33(12)74)101-60-55(93-35(14)76)50(88-30(9)71)46(40(98-60)19-82-24(3)65)103-62-57(95-37(16)78)52(90-32(11)73)47(42(100-62)21-84-26(5)67)104-61-56(94-36(15)77)51(89-31(10)72)45(41(99-61)20-83-25(4)66)102-59-54(92-34(13)75)49(87-29(8)70)43(85-27(6)68)39(97-59)18-81-23(2)64/h38-62,79H,17-21H2,1-16H3/t38-,39-,40-,41-,42-,43-,44-,45-,46-,47-,48+,49-,50+,51+,52+,53-,54-,55-,56-,57-,58?,59+,60+,61+,62+/m1/s1. The van der Waals surface area contributed by atoms with Crippen LogP contribution in [0.1, 0.15) is 111 Å². The third kappa shape index (κ3) is 25.5. The Hall–Kier alpha value is -8.88. The first-order valence-corrected chi connectivity index (χ1v) is 31.8. The molecule has 0 bridgehead atoms. The van der Waals surface area contributed by atoms with Gasteiger partial charge in [0.1, 0.15) is 88.0 Å². The van der Waals surface area contributed by atoms with Crippen molar-refractivity contribution in [2.75, 3.05) is 33.0 Å². The van der Waals surface area contributed by atoms with Crippen LogP contribution >= 0.6 is 0 Å². The minimum absolute atomic E-state index is 0.787. The minimum Gasteiger partial charge on any atom is -0.463 e. The molecule has 5 aliphatic rings. The first-order valence-electron chi connectivity index (χ1n) is 31.8. The predicted octanol–water partition coefficient (Wildman–Crippen LogP) is -2.79. The topological polar surface area (TPSA) is 524 Å². The largest absolute Gasteiger partial charge is 0.463 e. The van der Waals surface area contributed by atoms with Gasteiger partial charge >= 0.3 is 95.5 Å². The highest BCUT2D eigenvalue weighted by atomic mass is 16.8. The average Bonchev–Trinajstić information content (AvgIpc) is 0.762. The monoisotopic (exact) mass is 1500 g/mol. The highest BCUT2D eigenvalue weighted by Crippen LogP contribution is 2.41. The molecule has 5 heterocycles. The number of esters is 16. The lowest BCUT2D eigenvalue weighted by atomic mass is 9.94. The highest BCUT2D eigenvalue weighted by Gasteiger charge is 2.63. The van der Waals surface area contributed by atoms with Crippen molar-refractivity contribution in [3.05, 3.63) is 0 Å². The lowest BCUT2D eigenvalue weighted by Crippen LogP contribution is -2.70. The summed E-state index contributed by atoms with van der Waals surface area (Å²) in [6, 6.07) is 0. The Morgan fingerprint density at radius 1 is 0.202 bits per heavy atom. The number of aliphatic hydroxyl groups is 1. The zero-order chi connectivity index (χ0) is 77.9. The Labute approximate surface area is 591 Å². The van der Waals surface area contributed by atoms with Gasteiger partial charge in [0.25, 0.3) is 0 Å². The number of rotatable bonds is 29. The maximum atomic E-state index is 13.6. The molecule has 0 aromatic rings. The van der Waals surface area contributed by atoms with Gasteiger partial charge in [-0.1, -0.05) is 0 Å². The van der Waals surface area contributed by atoms with Crippen LogP contribution < -0.4 is 0 Å². The summed E-state index contributed by atoms with van der Waals surface area (Å²) in [5.74, 6) is -17.5. The summed E-state index contributed by atoms with van der Waals surface area (Å²) in [5, 5.41) is 11.1. The molecule has 0 aromatic heterocycles. The maximum absolute atomic E-state index is 13.6. The summed E-state index contributed by atoms with van der Waals surface area (Å²) < 4.78 is 146. The van der Waals surface area contributed by atoms with Gasteiger partial charge in [-0.05, 0) is 0 Å². The number of hydrogen-bond donors (Lipinski definition) is 1. The molecule has 42 heteroatoms. The number of hydrogen-bond acceptors (Lipinski definition) is 42. The molecular formula is C62H84O42. The smallest absolute Gasteiger partial charge is 0.303 e. The van der Waals surface area contributed by atoms with Gasteiger partial charge in [0.2, 0.25) is 0 Å². The summed E-state index contributed by atoms with van der Waals surface area (Å²) in [6.45, 7) is 9.94. The third-order valence-electron chi connectivity index (χ3n) is 14.7. The zero-order valence-corrected chi connectivity index (χ0v) is 59.2. The second kappa shape index (κ2) is 39.3. The SMILES string of the molecule is CC(=O)OC[C@H]1O[C@@H](O[C@H]2[C@H](OC(C)=O)[C@@H](OC(C)=O)[C@H](O[C@H]3[C@H](OC(C)=O)[C@@H](OC(C)=O)C(O)O[C@@H]3COC(C)=O)O[C@@H]2COC(C)=O)[C@H](OC(C)=O)[C@@H](OC(C)=O)[C@@H]1O[C@@H]1O[C@H](COC(C)=O)[C@@H](O[C@@H]2O[C@H](COC(C)=O)[C@@H](OC(C)=O)[C@@H](OC(C)=O)[C@H]2OC(C)=O)[C@H](OC(C)=O)[C@H]1OC(C)=O. The first-order chi connectivity index (χ1) is 48.6. The predicted molar refractivity (Wildman–Crippen MR) is 319 cm³/mol. The summed E-state index contributed by atoms with van der Waals surface area (Å²) in [7, 11) is 0. The molecule has 0 spiro atoms. The first kappa shape index (κ1) is 85.8. The van der Waals surface area contributed by atoms with Crippen LogP contribution in [0.4, 0.5) is 0 Å². The van der Waals surface area contributed by atoms with E-state index in [0.29, 0.717) is 0 Å². The van der Waals surface area contributed by atoms with Crippen LogP contribution in [-0.4, -0.2) is 287 Å². The summed E-state index contributed by atoms with van der Waals surface area (Å²) in [6.07, 6.45) is -51.3. The normalized spacial score (nSPS) is 33.0. The minimum atomic E-state index is -2.33. The number of ether oxygens (including phenoxy) is 25. The quantitative estimate of drug-likeness (QED) is 0.0584. The number of carbonyl (C=O) groups excluding carboxylic acids is 16. The zero-order valence-electron chi connectivity index (χ0n) is 59.2. The van der Waals surface area contributed by atoms with Gasteiger partial charge in [-0.15, -0.1) is 0 Å². The lowest BCUT2D eigenvalue weighted by Gasteiger charge is -2.51. The maximum Gasteiger partial charge on any atom is 0.303 e. The second-order valence-corrected chi connectivity index (χ2v) is 23.5. The molecule has 0 aliphatic carbocycles. The van der Waals surface area contributed by atoms with Gasteiger partial charge in [-0.25, -0.2) is 0 Å². The Kier molecular flexibility index (Phi) is 32.4. The summed E-state index contributed by atoms with van der Waals surface area (Å²) in [5.41, 5.74) is 0. The molecule has 25 atom stereocenters. The van der Waals surface area contributed by atoms with Crippen molar-refractivity contribution in [2.45, 2.75) is 264 Å². The van der Waals surface area contributed by atoms with Crippen LogP contribution in [0.15, 0.2) is 0 Å². The van der Waals surface area contributed by atoms with E-state index >= 15 is 0 Å². The second-order valence-electron chi connectivity index (χ2n) is 23.5. The molecule has 0 saturated carbocycles. The number of aliphatic hydroxyl groups excluding tert-OH is 1. The average molecular weight is 1500 g/mol. The van der Waals surface area contributed by atoms with E-state index < -0.39 is 282 Å². The molecule has 5 rings (SSSR count). The van der Waals surface area contributed by atoms with E-state index in [1.54, 1.807) is 0 Å². The van der Waals surface area contributed by atoms with Crippen molar-refractivity contribution in [3.63, 3.8) is 0 Å². The van der Waals surface area contributed by atoms with Crippen molar-refractivity contribution >= 4 is 95.5 Å². The van der Waals surface area contributed by atoms with Crippen LogP contribution in [0.3, 0.4) is 0 Å². The molecule has 5 aliphatic heterocycles. The lowest BCUT2D eigenvalue weighted by molar-refractivity contribution is -0.393. The molecule has 5 fully saturated rings. The van der Waals surface area contributed by atoms with Gasteiger partial charge in [0, 0.05) is 111 Å². The fourth-order valence-corrected chi connectivity index (χ4v) is 11.3.